The van der Waals surface area contributed by atoms with E-state index in [9.17, 15) is 14.4 Å². The molecule has 0 heterocycles. The Kier molecular flexibility index (Phi) is 7.29. The number of hydrogen-bond acceptors (Lipinski definition) is 3. The summed E-state index contributed by atoms with van der Waals surface area (Å²) in [7, 11) is 1.63. The van der Waals surface area contributed by atoms with Gasteiger partial charge in [-0.15, -0.1) is 0 Å². The van der Waals surface area contributed by atoms with Gasteiger partial charge in [0.25, 0.3) is 0 Å². The van der Waals surface area contributed by atoms with Crippen LogP contribution in [0.5, 0.6) is 0 Å². The highest BCUT2D eigenvalue weighted by Crippen LogP contribution is 2.23. The number of nitrogens with one attached hydrogen (secondary N) is 1. The van der Waals surface area contributed by atoms with Crippen LogP contribution in [0.4, 0.5) is 0 Å². The van der Waals surface area contributed by atoms with E-state index in [4.69, 9.17) is 5.11 Å². The van der Waals surface area contributed by atoms with Crippen LogP contribution in [0, 0.1) is 11.3 Å². The fraction of sp³-hybridized carbons (Fsp3) is 0.688. The third-order valence-corrected chi connectivity index (χ3v) is 3.58. The molecule has 0 aliphatic heterocycles. The monoisotopic (exact) mass is 312 g/mol. The summed E-state index contributed by atoms with van der Waals surface area (Å²) in [6.45, 7) is 10.9. The molecule has 2 N–H and O–H groups in total. The van der Waals surface area contributed by atoms with Crippen LogP contribution in [0.25, 0.3) is 0 Å². The second kappa shape index (κ2) is 7.96. The molecule has 0 spiro atoms. The van der Waals surface area contributed by atoms with Crippen molar-refractivity contribution in [3.05, 3.63) is 11.6 Å². The number of rotatable bonds is 7. The number of carbonyl (C=O) groups is 3. The molecule has 0 saturated heterocycles. The topological polar surface area (TPSA) is 86.7 Å². The number of carbonyl (C=O) groups excluding carboxylic acids is 2. The van der Waals surface area contributed by atoms with Crippen LogP contribution in [0.3, 0.4) is 0 Å². The molecule has 0 saturated carbocycles. The normalized spacial score (nSPS) is 15.2. The van der Waals surface area contributed by atoms with Crippen molar-refractivity contribution in [2.24, 2.45) is 11.3 Å². The fourth-order valence-corrected chi connectivity index (χ4v) is 2.19. The predicted molar refractivity (Wildman–Crippen MR) is 85.2 cm³/mol. The molecule has 0 bridgehead atoms. The van der Waals surface area contributed by atoms with Gasteiger partial charge in [0.05, 0.1) is 6.04 Å². The minimum Gasteiger partial charge on any atom is -0.478 e. The summed E-state index contributed by atoms with van der Waals surface area (Å²) in [5.74, 6) is -1.21. The lowest BCUT2D eigenvalue weighted by Gasteiger charge is -2.36. The smallest absolute Gasteiger partial charge is 0.331 e. The van der Waals surface area contributed by atoms with Gasteiger partial charge in [-0.25, -0.2) is 4.79 Å². The summed E-state index contributed by atoms with van der Waals surface area (Å²) in [6, 6.07) is -1.03. The predicted octanol–water partition coefficient (Wildman–Crippen LogP) is 1.66. The molecule has 2 atom stereocenters. The van der Waals surface area contributed by atoms with Crippen molar-refractivity contribution >= 4 is 18.3 Å². The van der Waals surface area contributed by atoms with Crippen LogP contribution < -0.4 is 5.32 Å². The van der Waals surface area contributed by atoms with Gasteiger partial charge in [-0.2, -0.15) is 0 Å². The number of hydrogen-bond donors (Lipinski definition) is 2. The summed E-state index contributed by atoms with van der Waals surface area (Å²) >= 11 is 0. The summed E-state index contributed by atoms with van der Waals surface area (Å²) in [6.07, 6.45) is 2.09. The van der Waals surface area contributed by atoms with E-state index in [1.807, 2.05) is 34.6 Å². The van der Waals surface area contributed by atoms with Crippen LogP contribution in [-0.2, 0) is 14.4 Å². The Morgan fingerprint density at radius 2 is 1.73 bits per heavy atom. The van der Waals surface area contributed by atoms with Gasteiger partial charge in [0.15, 0.2) is 0 Å². The summed E-state index contributed by atoms with van der Waals surface area (Å²) in [4.78, 5) is 36.0. The van der Waals surface area contributed by atoms with Crippen molar-refractivity contribution in [1.29, 1.82) is 0 Å². The van der Waals surface area contributed by atoms with Crippen molar-refractivity contribution in [2.45, 2.75) is 53.6 Å². The van der Waals surface area contributed by atoms with Crippen LogP contribution >= 0.6 is 0 Å². The molecule has 6 heteroatoms. The Bertz CT molecular complexity index is 450. The molecule has 0 rings (SSSR count). The van der Waals surface area contributed by atoms with Gasteiger partial charge in [-0.3, -0.25) is 9.59 Å². The van der Waals surface area contributed by atoms with Gasteiger partial charge in [0.1, 0.15) is 6.04 Å². The van der Waals surface area contributed by atoms with Crippen LogP contribution in [0.1, 0.15) is 41.5 Å². The molecule has 2 amide bonds. The molecule has 0 fully saturated rings. The standard InChI is InChI=1S/C16H28N2O4/c1-10(2)12(8-11(3)15(21)22)18(7)14(20)13(17-9-19)16(4,5)6/h8-10,12-13H,1-7H3,(H,17,19)(H,21,22)/b11-8+. The van der Waals surface area contributed by atoms with E-state index in [1.54, 1.807) is 13.1 Å². The van der Waals surface area contributed by atoms with E-state index in [0.717, 1.165) is 0 Å². The zero-order chi connectivity index (χ0) is 17.7. The van der Waals surface area contributed by atoms with Crippen molar-refractivity contribution in [2.75, 3.05) is 7.05 Å². The molecule has 0 aromatic heterocycles. The Labute approximate surface area is 132 Å². The summed E-state index contributed by atoms with van der Waals surface area (Å²) in [5, 5.41) is 11.6. The molecule has 22 heavy (non-hydrogen) atoms. The maximum atomic E-state index is 12.7. The molecule has 0 radical (unpaired) electrons. The van der Waals surface area contributed by atoms with Gasteiger partial charge in [0.2, 0.25) is 12.3 Å². The molecule has 0 aromatic rings. The average molecular weight is 312 g/mol. The maximum Gasteiger partial charge on any atom is 0.331 e. The highest BCUT2D eigenvalue weighted by atomic mass is 16.4. The van der Waals surface area contributed by atoms with Gasteiger partial charge >= 0.3 is 5.97 Å². The Balaban J connectivity index is 5.51. The number of carboxylic acids is 1. The Hall–Kier alpha value is -1.85. The van der Waals surface area contributed by atoms with E-state index in [0.29, 0.717) is 6.41 Å². The molecular formula is C16H28N2O4. The first-order chi connectivity index (χ1) is 9.93. The van der Waals surface area contributed by atoms with E-state index in [2.05, 4.69) is 5.32 Å². The van der Waals surface area contributed by atoms with E-state index in [1.165, 1.54) is 11.8 Å². The van der Waals surface area contributed by atoms with E-state index < -0.39 is 17.4 Å². The maximum absolute atomic E-state index is 12.7. The minimum absolute atomic E-state index is 0.0418. The lowest BCUT2D eigenvalue weighted by atomic mass is 9.85. The molecule has 6 nitrogen and oxygen atoms in total. The third-order valence-electron chi connectivity index (χ3n) is 3.58. The zero-order valence-corrected chi connectivity index (χ0v) is 14.5. The molecule has 0 aromatic carbocycles. The van der Waals surface area contributed by atoms with Gasteiger partial charge < -0.3 is 15.3 Å². The molecule has 0 aliphatic carbocycles. The van der Waals surface area contributed by atoms with Crippen molar-refractivity contribution in [3.63, 3.8) is 0 Å². The first kappa shape index (κ1) is 20.1. The largest absolute Gasteiger partial charge is 0.478 e. The van der Waals surface area contributed by atoms with E-state index >= 15 is 0 Å². The summed E-state index contributed by atoms with van der Waals surface area (Å²) < 4.78 is 0. The van der Waals surface area contributed by atoms with Crippen LogP contribution in [-0.4, -0.2) is 47.4 Å². The van der Waals surface area contributed by atoms with Gasteiger partial charge in [0, 0.05) is 12.6 Å². The second-order valence-corrected chi connectivity index (χ2v) is 6.92. The summed E-state index contributed by atoms with van der Waals surface area (Å²) in [5.41, 5.74) is -0.256. The number of aliphatic carboxylic acids is 1. The first-order valence-electron chi connectivity index (χ1n) is 7.31. The lowest BCUT2D eigenvalue weighted by Crippen LogP contribution is -2.54. The quantitative estimate of drug-likeness (QED) is 0.553. The fourth-order valence-electron chi connectivity index (χ4n) is 2.19. The van der Waals surface area contributed by atoms with E-state index in [-0.39, 0.29) is 23.4 Å². The number of likely N-dealkylation sites (N-methyl/N-ethyl adjacent to an activating group) is 1. The van der Waals surface area contributed by atoms with Crippen molar-refractivity contribution in [1.82, 2.24) is 10.2 Å². The Morgan fingerprint density at radius 1 is 1.23 bits per heavy atom. The Morgan fingerprint density at radius 3 is 2.05 bits per heavy atom. The van der Waals surface area contributed by atoms with Crippen LogP contribution in [0.2, 0.25) is 0 Å². The second-order valence-electron chi connectivity index (χ2n) is 6.92. The highest BCUT2D eigenvalue weighted by Gasteiger charge is 2.35. The number of amides is 2. The number of carboxylic acid groups (broad SMARTS) is 1. The number of nitrogens with zero attached hydrogens (tertiary/aromatic N) is 1. The zero-order valence-electron chi connectivity index (χ0n) is 14.5. The van der Waals surface area contributed by atoms with Gasteiger partial charge in [-0.05, 0) is 18.3 Å². The minimum atomic E-state index is -1.01. The first-order valence-corrected chi connectivity index (χ1v) is 7.31. The van der Waals surface area contributed by atoms with Crippen molar-refractivity contribution in [3.8, 4) is 0 Å². The van der Waals surface area contributed by atoms with Gasteiger partial charge in [-0.1, -0.05) is 40.7 Å². The molecule has 0 aliphatic rings. The third kappa shape index (κ3) is 5.50. The molecule has 2 unspecified atom stereocenters. The van der Waals surface area contributed by atoms with Crippen molar-refractivity contribution < 1.29 is 19.5 Å². The SMILES string of the molecule is C/C(=C\C(C(C)C)N(C)C(=O)C(NC=O)C(C)(C)C)C(=O)O. The van der Waals surface area contributed by atoms with Crippen LogP contribution in [0.15, 0.2) is 11.6 Å². The lowest BCUT2D eigenvalue weighted by molar-refractivity contribution is -0.138. The average Bonchev–Trinajstić information content (AvgIpc) is 2.38. The highest BCUT2D eigenvalue weighted by molar-refractivity contribution is 5.87. The molecule has 126 valence electrons. The molecular weight excluding hydrogens is 284 g/mol.